The molecule has 1 amide bonds. The number of hydrogen-bond acceptors (Lipinski definition) is 10. The molecule has 186 valence electrons. The van der Waals surface area contributed by atoms with Gasteiger partial charge in [-0.05, 0) is 31.4 Å². The van der Waals surface area contributed by atoms with Gasteiger partial charge in [0.1, 0.15) is 6.26 Å². The van der Waals surface area contributed by atoms with Crippen molar-refractivity contribution in [2.75, 3.05) is 54.5 Å². The van der Waals surface area contributed by atoms with Gasteiger partial charge in [0.15, 0.2) is 17.1 Å². The fraction of sp³-hybridized carbons (Fsp3) is 0.400. The molecular weight excluding hydrogens is 462 g/mol. The van der Waals surface area contributed by atoms with Crippen LogP contribution in [0.3, 0.4) is 0 Å². The van der Waals surface area contributed by atoms with Gasteiger partial charge in [0.25, 0.3) is 11.9 Å². The Morgan fingerprint density at radius 1 is 1.11 bits per heavy atom. The van der Waals surface area contributed by atoms with E-state index in [1.807, 2.05) is 17.9 Å². The number of morpholine rings is 1. The molecule has 0 spiro atoms. The topological polar surface area (TPSA) is 123 Å². The molecular formula is C25H27N7O4. The highest BCUT2D eigenvalue weighted by atomic mass is 16.5. The van der Waals surface area contributed by atoms with E-state index in [0.29, 0.717) is 66.9 Å². The van der Waals surface area contributed by atoms with Crippen LogP contribution < -0.4 is 15.1 Å². The Labute approximate surface area is 207 Å². The van der Waals surface area contributed by atoms with Crippen LogP contribution in [0.15, 0.2) is 39.5 Å². The van der Waals surface area contributed by atoms with E-state index in [1.165, 1.54) is 6.26 Å². The van der Waals surface area contributed by atoms with E-state index in [-0.39, 0.29) is 5.69 Å². The molecule has 0 unspecified atom stereocenters. The van der Waals surface area contributed by atoms with Crippen LogP contribution in [0.4, 0.5) is 17.5 Å². The predicted molar refractivity (Wildman–Crippen MR) is 133 cm³/mol. The summed E-state index contributed by atoms with van der Waals surface area (Å²) in [6.45, 7) is 8.47. The van der Waals surface area contributed by atoms with Crippen molar-refractivity contribution in [1.82, 2.24) is 19.9 Å². The fourth-order valence-electron chi connectivity index (χ4n) is 4.57. The predicted octanol–water partition coefficient (Wildman–Crippen LogP) is 3.52. The number of amides is 1. The molecule has 0 aromatic carbocycles. The Morgan fingerprint density at radius 2 is 1.97 bits per heavy atom. The molecule has 1 N–H and O–H groups in total. The van der Waals surface area contributed by atoms with Crippen LogP contribution in [0.2, 0.25) is 0 Å². The zero-order valence-electron chi connectivity index (χ0n) is 20.2. The van der Waals surface area contributed by atoms with Crippen LogP contribution in [0.1, 0.15) is 29.5 Å². The molecule has 0 bridgehead atoms. The Balaban J connectivity index is 1.31. The molecule has 36 heavy (non-hydrogen) atoms. The molecule has 0 aliphatic carbocycles. The normalized spacial score (nSPS) is 18.2. The average Bonchev–Trinajstić information content (AvgIpc) is 3.63. The average molecular weight is 490 g/mol. The minimum atomic E-state index is -0.390. The quantitative estimate of drug-likeness (QED) is 0.445. The molecule has 1 atom stereocenters. The number of nitrogens with one attached hydrogen (secondary N) is 1. The van der Waals surface area contributed by atoms with Gasteiger partial charge in [0.05, 0.1) is 18.9 Å². The summed E-state index contributed by atoms with van der Waals surface area (Å²) in [4.78, 5) is 35.4. The number of nitrogens with zero attached hydrogens (tertiary/aromatic N) is 6. The third kappa shape index (κ3) is 4.37. The molecule has 2 aliphatic rings. The van der Waals surface area contributed by atoms with Crippen LogP contribution in [0.5, 0.6) is 0 Å². The summed E-state index contributed by atoms with van der Waals surface area (Å²) in [7, 11) is 0. The fourth-order valence-corrected chi connectivity index (χ4v) is 4.57. The minimum Gasteiger partial charge on any atom is -0.444 e. The molecule has 6 rings (SSSR count). The second kappa shape index (κ2) is 9.23. The number of carbonyl (C=O) groups excluding carboxylic acids is 1. The number of ether oxygens (including phenoxy) is 1. The largest absolute Gasteiger partial charge is 0.444 e. The highest BCUT2D eigenvalue weighted by molar-refractivity contribution is 6.05. The first-order chi connectivity index (χ1) is 17.5. The lowest BCUT2D eigenvalue weighted by molar-refractivity contribution is 0.102. The van der Waals surface area contributed by atoms with Gasteiger partial charge < -0.3 is 28.7 Å². The van der Waals surface area contributed by atoms with Gasteiger partial charge in [-0.15, -0.1) is 0 Å². The molecule has 4 aromatic heterocycles. The summed E-state index contributed by atoms with van der Waals surface area (Å²) in [6.07, 6.45) is 4.10. The number of fused-ring (bicyclic) bond motifs is 1. The van der Waals surface area contributed by atoms with Crippen molar-refractivity contribution in [1.29, 1.82) is 0 Å². The van der Waals surface area contributed by atoms with Gasteiger partial charge in [-0.25, -0.2) is 9.97 Å². The van der Waals surface area contributed by atoms with Crippen molar-refractivity contribution in [2.45, 2.75) is 20.3 Å². The second-order valence-electron chi connectivity index (χ2n) is 9.29. The summed E-state index contributed by atoms with van der Waals surface area (Å²) in [6, 6.07) is 5.95. The molecule has 11 nitrogen and oxygen atoms in total. The minimum absolute atomic E-state index is 0.173. The Bertz CT molecular complexity index is 1410. The van der Waals surface area contributed by atoms with Crippen molar-refractivity contribution in [3.05, 3.63) is 42.0 Å². The molecule has 11 heteroatoms. The number of aromatic nitrogens is 4. The summed E-state index contributed by atoms with van der Waals surface area (Å²) in [5.74, 6) is 1.18. The second-order valence-corrected chi connectivity index (χ2v) is 9.29. The van der Waals surface area contributed by atoms with E-state index in [0.717, 1.165) is 30.8 Å². The monoisotopic (exact) mass is 489 g/mol. The van der Waals surface area contributed by atoms with Crippen molar-refractivity contribution in [2.24, 2.45) is 5.92 Å². The van der Waals surface area contributed by atoms with E-state index in [9.17, 15) is 4.79 Å². The van der Waals surface area contributed by atoms with Gasteiger partial charge >= 0.3 is 0 Å². The highest BCUT2D eigenvalue weighted by Gasteiger charge is 2.26. The van der Waals surface area contributed by atoms with E-state index in [2.05, 4.69) is 32.1 Å². The van der Waals surface area contributed by atoms with Gasteiger partial charge in [0.2, 0.25) is 11.5 Å². The van der Waals surface area contributed by atoms with Crippen LogP contribution in [0.25, 0.3) is 22.7 Å². The number of oxazole rings is 2. The van der Waals surface area contributed by atoms with Crippen LogP contribution >= 0.6 is 0 Å². The van der Waals surface area contributed by atoms with E-state index in [1.54, 1.807) is 18.3 Å². The third-order valence-electron chi connectivity index (χ3n) is 6.48. The zero-order chi connectivity index (χ0) is 24.6. The molecule has 2 fully saturated rings. The third-order valence-corrected chi connectivity index (χ3v) is 6.48. The van der Waals surface area contributed by atoms with Crippen molar-refractivity contribution in [3.8, 4) is 11.5 Å². The first-order valence-corrected chi connectivity index (χ1v) is 12.1. The summed E-state index contributed by atoms with van der Waals surface area (Å²) >= 11 is 0. The van der Waals surface area contributed by atoms with Crippen molar-refractivity contribution in [3.63, 3.8) is 0 Å². The maximum atomic E-state index is 13.2. The summed E-state index contributed by atoms with van der Waals surface area (Å²) in [5.41, 5.74) is 3.34. The van der Waals surface area contributed by atoms with E-state index in [4.69, 9.17) is 18.6 Å². The highest BCUT2D eigenvalue weighted by Crippen LogP contribution is 2.34. The lowest BCUT2D eigenvalue weighted by atomic mass is 10.2. The van der Waals surface area contributed by atoms with Crippen molar-refractivity contribution >= 4 is 34.7 Å². The number of rotatable bonds is 5. The molecule has 2 saturated heterocycles. The molecule has 6 heterocycles. The van der Waals surface area contributed by atoms with Gasteiger partial charge in [0, 0.05) is 49.7 Å². The first kappa shape index (κ1) is 22.5. The SMILES string of the molecule is Cc1cc(-c2nc(C(=O)Nc3cc4oc(N5CCOCC5)nc4nc3N3CC[C@H](C)C3)co2)ccn1. The van der Waals surface area contributed by atoms with Gasteiger partial charge in [-0.3, -0.25) is 9.78 Å². The number of carbonyl (C=O) groups is 1. The standard InChI is InChI=1S/C25H27N7O4/c1-15-4-6-32(13-15)22-18(12-20-21(29-22)30-25(36-20)31-7-9-34-10-8-31)27-23(33)19-14-35-24(28-19)17-3-5-26-16(2)11-17/h3,5,11-12,14-15H,4,6-10,13H2,1-2H3,(H,27,33)/t15-/m0/s1. The van der Waals surface area contributed by atoms with Crippen LogP contribution in [0, 0.1) is 12.8 Å². The van der Waals surface area contributed by atoms with Crippen LogP contribution in [-0.4, -0.2) is 65.2 Å². The number of aryl methyl sites for hydroxylation is 1. The summed E-state index contributed by atoms with van der Waals surface area (Å²) in [5, 5.41) is 2.98. The van der Waals surface area contributed by atoms with E-state index < -0.39 is 5.91 Å². The molecule has 4 aromatic rings. The number of hydrogen-bond donors (Lipinski definition) is 1. The summed E-state index contributed by atoms with van der Waals surface area (Å²) < 4.78 is 17.0. The van der Waals surface area contributed by atoms with Crippen LogP contribution in [-0.2, 0) is 4.74 Å². The van der Waals surface area contributed by atoms with Gasteiger partial charge in [-0.2, -0.15) is 4.98 Å². The maximum Gasteiger partial charge on any atom is 0.300 e. The Kier molecular flexibility index (Phi) is 5.76. The van der Waals surface area contributed by atoms with Crippen molar-refractivity contribution < 1.29 is 18.4 Å². The zero-order valence-corrected chi connectivity index (χ0v) is 20.2. The molecule has 2 aliphatic heterocycles. The first-order valence-electron chi connectivity index (χ1n) is 12.1. The maximum absolute atomic E-state index is 13.2. The van der Waals surface area contributed by atoms with E-state index >= 15 is 0 Å². The number of pyridine rings is 2. The Morgan fingerprint density at radius 3 is 2.75 bits per heavy atom. The Hall–Kier alpha value is -3.99. The smallest absolute Gasteiger partial charge is 0.300 e. The lowest BCUT2D eigenvalue weighted by Gasteiger charge is -2.24. The van der Waals surface area contributed by atoms with Gasteiger partial charge in [-0.1, -0.05) is 6.92 Å². The molecule has 0 saturated carbocycles. The molecule has 0 radical (unpaired) electrons. The lowest BCUT2D eigenvalue weighted by Crippen LogP contribution is -2.36. The number of anilines is 3.